The molecule has 1 saturated carbocycles. The van der Waals surface area contributed by atoms with E-state index in [0.29, 0.717) is 12.8 Å². The number of carbonyl (C=O) groups is 1. The van der Waals surface area contributed by atoms with Crippen molar-refractivity contribution in [3.8, 4) is 0 Å². The monoisotopic (exact) mass is 321 g/mol. The fraction of sp³-hybridized carbons (Fsp3) is 0.417. The second-order valence-electron chi connectivity index (χ2n) is 4.88. The zero-order valence-electron chi connectivity index (χ0n) is 10.4. The van der Waals surface area contributed by atoms with Gasteiger partial charge in [0.1, 0.15) is 10.7 Å². The molecule has 0 spiro atoms. The van der Waals surface area contributed by atoms with Gasteiger partial charge in [-0.15, -0.1) is 0 Å². The zero-order chi connectivity index (χ0) is 15.0. The summed E-state index contributed by atoms with van der Waals surface area (Å²) in [5, 5.41) is 8.93. The molecule has 1 aromatic rings. The summed E-state index contributed by atoms with van der Waals surface area (Å²) in [7, 11) is -4.12. The van der Waals surface area contributed by atoms with Gasteiger partial charge in [0.15, 0.2) is 0 Å². The summed E-state index contributed by atoms with van der Waals surface area (Å²) in [6, 6.07) is 3.23. The summed E-state index contributed by atoms with van der Waals surface area (Å²) >= 11 is 5.57. The molecular weight excluding hydrogens is 309 g/mol. The van der Waals surface area contributed by atoms with Crippen molar-refractivity contribution in [3.05, 3.63) is 29.0 Å². The molecule has 0 atom stereocenters. The quantitative estimate of drug-likeness (QED) is 0.870. The lowest BCUT2D eigenvalue weighted by molar-refractivity contribution is -0.139. The van der Waals surface area contributed by atoms with Crippen molar-refractivity contribution in [1.82, 2.24) is 4.72 Å². The molecule has 1 aromatic carbocycles. The Balaban J connectivity index is 2.29. The minimum atomic E-state index is -4.12. The first-order valence-corrected chi connectivity index (χ1v) is 7.81. The minimum Gasteiger partial charge on any atom is -0.481 e. The molecular formula is C12H13ClFNO4S. The van der Waals surface area contributed by atoms with Crippen LogP contribution in [0, 0.1) is 5.82 Å². The van der Waals surface area contributed by atoms with Gasteiger partial charge in [0.2, 0.25) is 10.0 Å². The Morgan fingerprint density at radius 2 is 2.10 bits per heavy atom. The molecule has 2 N–H and O–H groups in total. The molecule has 0 aromatic heterocycles. The molecule has 2 rings (SSSR count). The van der Waals surface area contributed by atoms with Gasteiger partial charge in [0, 0.05) is 10.6 Å². The summed E-state index contributed by atoms with van der Waals surface area (Å²) in [4.78, 5) is 10.3. The van der Waals surface area contributed by atoms with Gasteiger partial charge in [0.25, 0.3) is 0 Å². The Hall–Kier alpha value is -1.18. The number of benzene rings is 1. The minimum absolute atomic E-state index is 0.0883. The van der Waals surface area contributed by atoms with E-state index < -0.39 is 32.2 Å². The van der Waals surface area contributed by atoms with E-state index in [9.17, 15) is 17.6 Å². The van der Waals surface area contributed by atoms with Gasteiger partial charge in [0.05, 0.1) is 6.42 Å². The lowest BCUT2D eigenvalue weighted by atomic mass is 9.75. The van der Waals surface area contributed by atoms with Gasteiger partial charge in [-0.05, 0) is 37.5 Å². The molecule has 0 aliphatic heterocycles. The van der Waals surface area contributed by atoms with E-state index >= 15 is 0 Å². The number of halogens is 2. The molecule has 20 heavy (non-hydrogen) atoms. The Kier molecular flexibility index (Phi) is 4.04. The van der Waals surface area contributed by atoms with E-state index in [-0.39, 0.29) is 11.4 Å². The number of nitrogens with one attached hydrogen (secondary N) is 1. The van der Waals surface area contributed by atoms with Crippen LogP contribution in [0.4, 0.5) is 4.39 Å². The summed E-state index contributed by atoms with van der Waals surface area (Å²) in [5.74, 6) is -2.06. The van der Waals surface area contributed by atoms with Gasteiger partial charge in [-0.3, -0.25) is 4.79 Å². The number of carboxylic acids is 1. The van der Waals surface area contributed by atoms with Gasteiger partial charge in [-0.2, -0.15) is 0 Å². The summed E-state index contributed by atoms with van der Waals surface area (Å²) in [6.45, 7) is 0. The van der Waals surface area contributed by atoms with Crippen LogP contribution in [-0.4, -0.2) is 25.0 Å². The largest absolute Gasteiger partial charge is 0.481 e. The van der Waals surface area contributed by atoms with Crippen LogP contribution in [0.2, 0.25) is 5.02 Å². The third kappa shape index (κ3) is 3.11. The van der Waals surface area contributed by atoms with Crippen molar-refractivity contribution in [2.75, 3.05) is 0 Å². The zero-order valence-corrected chi connectivity index (χ0v) is 12.0. The molecule has 5 nitrogen and oxygen atoms in total. The highest BCUT2D eigenvalue weighted by atomic mass is 35.5. The van der Waals surface area contributed by atoms with Crippen molar-refractivity contribution >= 4 is 27.6 Å². The van der Waals surface area contributed by atoms with E-state index in [1.54, 1.807) is 0 Å². The lowest BCUT2D eigenvalue weighted by Gasteiger charge is -2.40. The molecule has 0 bridgehead atoms. The Morgan fingerprint density at radius 1 is 1.45 bits per heavy atom. The van der Waals surface area contributed by atoms with Crippen molar-refractivity contribution in [1.29, 1.82) is 0 Å². The third-order valence-electron chi connectivity index (χ3n) is 3.33. The first-order valence-electron chi connectivity index (χ1n) is 5.95. The smallest absolute Gasteiger partial charge is 0.305 e. The second kappa shape index (κ2) is 5.31. The van der Waals surface area contributed by atoms with Gasteiger partial charge >= 0.3 is 5.97 Å². The van der Waals surface area contributed by atoms with E-state index in [0.717, 1.165) is 18.6 Å². The van der Waals surface area contributed by atoms with Crippen LogP contribution in [0.15, 0.2) is 23.1 Å². The van der Waals surface area contributed by atoms with Gasteiger partial charge < -0.3 is 5.11 Å². The van der Waals surface area contributed by atoms with Crippen LogP contribution in [0.5, 0.6) is 0 Å². The maximum absolute atomic E-state index is 13.7. The average Bonchev–Trinajstić information content (AvgIpc) is 2.24. The van der Waals surface area contributed by atoms with E-state index in [1.807, 2.05) is 0 Å². The van der Waals surface area contributed by atoms with E-state index in [1.165, 1.54) is 6.07 Å². The maximum Gasteiger partial charge on any atom is 0.305 e. The van der Waals surface area contributed by atoms with Crippen molar-refractivity contribution in [3.63, 3.8) is 0 Å². The number of hydrogen-bond acceptors (Lipinski definition) is 3. The summed E-state index contributed by atoms with van der Waals surface area (Å²) in [6.07, 6.45) is 1.27. The van der Waals surface area contributed by atoms with Crippen molar-refractivity contribution in [2.45, 2.75) is 36.1 Å². The maximum atomic E-state index is 13.7. The number of carboxylic acid groups (broad SMARTS) is 1. The molecule has 1 fully saturated rings. The summed E-state index contributed by atoms with van der Waals surface area (Å²) < 4.78 is 40.3. The normalized spacial score (nSPS) is 17.5. The van der Waals surface area contributed by atoms with Crippen molar-refractivity contribution < 1.29 is 22.7 Å². The molecule has 0 amide bonds. The van der Waals surface area contributed by atoms with Gasteiger partial charge in [-0.1, -0.05) is 11.6 Å². The molecule has 1 aliphatic carbocycles. The van der Waals surface area contributed by atoms with Crippen molar-refractivity contribution in [2.24, 2.45) is 0 Å². The number of aliphatic carboxylic acids is 1. The highest BCUT2D eigenvalue weighted by Gasteiger charge is 2.43. The molecule has 110 valence electrons. The SMILES string of the molecule is O=C(O)CC1(NS(=O)(=O)c2ccc(Cl)cc2F)CCC1. The topological polar surface area (TPSA) is 83.5 Å². The molecule has 8 heteroatoms. The summed E-state index contributed by atoms with van der Waals surface area (Å²) in [5.41, 5.74) is -1.02. The number of rotatable bonds is 5. The highest BCUT2D eigenvalue weighted by Crippen LogP contribution is 2.36. The molecule has 0 heterocycles. The molecule has 0 radical (unpaired) electrons. The first kappa shape index (κ1) is 15.2. The molecule has 0 unspecified atom stereocenters. The Bertz CT molecular complexity index is 643. The predicted molar refractivity (Wildman–Crippen MR) is 70.6 cm³/mol. The van der Waals surface area contributed by atoms with E-state index in [2.05, 4.69) is 4.72 Å². The number of sulfonamides is 1. The Morgan fingerprint density at radius 3 is 2.55 bits per heavy atom. The lowest BCUT2D eigenvalue weighted by Crippen LogP contribution is -2.54. The third-order valence-corrected chi connectivity index (χ3v) is 5.18. The predicted octanol–water partition coefficient (Wildman–Crippen LogP) is 2.15. The average molecular weight is 322 g/mol. The first-order chi connectivity index (χ1) is 9.24. The molecule has 0 saturated heterocycles. The van der Waals surface area contributed by atoms with Crippen LogP contribution in [-0.2, 0) is 14.8 Å². The molecule has 1 aliphatic rings. The fourth-order valence-corrected chi connectivity index (χ4v) is 3.92. The standard InChI is InChI=1S/C12H13ClFNO4S/c13-8-2-3-10(9(14)6-8)20(18,19)15-12(4-1-5-12)7-11(16)17/h2-3,6,15H,1,4-5,7H2,(H,16,17). The van der Waals surface area contributed by atoms with Crippen LogP contribution < -0.4 is 4.72 Å². The number of hydrogen-bond donors (Lipinski definition) is 2. The second-order valence-corrected chi connectivity index (χ2v) is 6.97. The highest BCUT2D eigenvalue weighted by molar-refractivity contribution is 7.89. The fourth-order valence-electron chi connectivity index (χ4n) is 2.24. The van der Waals surface area contributed by atoms with Crippen LogP contribution >= 0.6 is 11.6 Å². The Labute approximate surface area is 120 Å². The van der Waals surface area contributed by atoms with Crippen LogP contribution in [0.3, 0.4) is 0 Å². The van der Waals surface area contributed by atoms with Crippen LogP contribution in [0.1, 0.15) is 25.7 Å². The van der Waals surface area contributed by atoms with Gasteiger partial charge in [-0.25, -0.2) is 17.5 Å². The van der Waals surface area contributed by atoms with Crippen LogP contribution in [0.25, 0.3) is 0 Å². The van der Waals surface area contributed by atoms with E-state index in [4.69, 9.17) is 16.7 Å².